The van der Waals surface area contributed by atoms with Gasteiger partial charge in [0.2, 0.25) is 0 Å². The number of nitrogens with zero attached hydrogens (tertiary/aromatic N) is 1. The predicted octanol–water partition coefficient (Wildman–Crippen LogP) is 2.71. The second kappa shape index (κ2) is 6.93. The Morgan fingerprint density at radius 2 is 1.83 bits per heavy atom. The first-order chi connectivity index (χ1) is 11.5. The van der Waals surface area contributed by atoms with Crippen molar-refractivity contribution in [3.05, 3.63) is 35.9 Å². The molecular formula is C19H25NO4. The van der Waals surface area contributed by atoms with E-state index in [1.807, 2.05) is 30.3 Å². The van der Waals surface area contributed by atoms with Crippen molar-refractivity contribution in [2.24, 2.45) is 5.92 Å². The molecule has 0 aliphatic carbocycles. The molecule has 0 saturated carbocycles. The standard InChI is InChI=1S/C19H25NO4/c1-12(21)23-17-11-15-9-10-16(20(15)3)18(17)19(24-13(2)22)14-7-5-4-6-8-14/h4-8,15-19H,9-11H2,1-3H3/t15-,16+,17+,18?,19?/m0/s1. The van der Waals surface area contributed by atoms with Gasteiger partial charge >= 0.3 is 11.9 Å². The Morgan fingerprint density at radius 1 is 1.12 bits per heavy atom. The molecule has 24 heavy (non-hydrogen) atoms. The SMILES string of the molecule is CC(=O)OC(c1ccccc1)C1[C@H]2CC[C@@H](C[C@H]1OC(C)=O)N2C. The Bertz CT molecular complexity index is 603. The summed E-state index contributed by atoms with van der Waals surface area (Å²) in [5.41, 5.74) is 0.952. The van der Waals surface area contributed by atoms with Crippen LogP contribution in [-0.4, -0.2) is 42.1 Å². The molecule has 5 nitrogen and oxygen atoms in total. The zero-order chi connectivity index (χ0) is 17.3. The highest BCUT2D eigenvalue weighted by Crippen LogP contribution is 2.46. The Hall–Kier alpha value is -1.88. The van der Waals surface area contributed by atoms with Crippen molar-refractivity contribution < 1.29 is 19.1 Å². The third kappa shape index (κ3) is 3.31. The number of benzene rings is 1. The van der Waals surface area contributed by atoms with Crippen LogP contribution < -0.4 is 0 Å². The molecule has 1 aromatic rings. The quantitative estimate of drug-likeness (QED) is 0.794. The van der Waals surface area contributed by atoms with Crippen molar-refractivity contribution in [3.63, 3.8) is 0 Å². The van der Waals surface area contributed by atoms with Crippen molar-refractivity contribution in [3.8, 4) is 0 Å². The lowest BCUT2D eigenvalue weighted by molar-refractivity contribution is -0.169. The summed E-state index contributed by atoms with van der Waals surface area (Å²) in [6.45, 7) is 2.88. The minimum atomic E-state index is -0.403. The van der Waals surface area contributed by atoms with E-state index < -0.39 is 6.10 Å². The fourth-order valence-electron chi connectivity index (χ4n) is 4.39. The molecule has 1 aromatic carbocycles. The van der Waals surface area contributed by atoms with Crippen molar-refractivity contribution in [1.82, 2.24) is 4.90 Å². The normalized spacial score (nSPS) is 30.6. The van der Waals surface area contributed by atoms with Crippen molar-refractivity contribution >= 4 is 11.9 Å². The van der Waals surface area contributed by atoms with Gasteiger partial charge in [0.15, 0.2) is 0 Å². The lowest BCUT2D eigenvalue weighted by Crippen LogP contribution is -2.52. The Kier molecular flexibility index (Phi) is 4.90. The number of hydrogen-bond donors (Lipinski definition) is 0. The number of carbonyl (C=O) groups excluding carboxylic acids is 2. The molecule has 5 heteroatoms. The van der Waals surface area contributed by atoms with Gasteiger partial charge in [0.25, 0.3) is 0 Å². The summed E-state index contributed by atoms with van der Waals surface area (Å²) >= 11 is 0. The molecule has 2 fully saturated rings. The largest absolute Gasteiger partial charge is 0.462 e. The highest BCUT2D eigenvalue weighted by Gasteiger charge is 2.51. The molecule has 0 aromatic heterocycles. The molecule has 2 unspecified atom stereocenters. The molecule has 2 heterocycles. The molecule has 0 amide bonds. The van der Waals surface area contributed by atoms with Crippen molar-refractivity contribution in [2.45, 2.75) is 57.4 Å². The molecular weight excluding hydrogens is 306 g/mol. The van der Waals surface area contributed by atoms with E-state index in [1.54, 1.807) is 0 Å². The zero-order valence-corrected chi connectivity index (χ0v) is 14.5. The van der Waals surface area contributed by atoms with Crippen molar-refractivity contribution in [1.29, 1.82) is 0 Å². The molecule has 2 saturated heterocycles. The average Bonchev–Trinajstić information content (AvgIpc) is 2.77. The number of piperidine rings is 1. The van der Waals surface area contributed by atoms with Crippen LogP contribution in [0.4, 0.5) is 0 Å². The summed E-state index contributed by atoms with van der Waals surface area (Å²) in [5.74, 6) is -0.638. The molecule has 0 N–H and O–H groups in total. The fraction of sp³-hybridized carbons (Fsp3) is 0.579. The minimum Gasteiger partial charge on any atom is -0.462 e. The first-order valence-corrected chi connectivity index (χ1v) is 8.58. The topological polar surface area (TPSA) is 55.8 Å². The van der Waals surface area contributed by atoms with Crippen LogP contribution in [0, 0.1) is 5.92 Å². The molecule has 5 atom stereocenters. The van der Waals surface area contributed by atoms with Gasteiger partial charge in [0, 0.05) is 32.4 Å². The highest BCUT2D eigenvalue weighted by molar-refractivity contribution is 5.67. The van der Waals surface area contributed by atoms with Gasteiger partial charge in [-0.1, -0.05) is 30.3 Å². The number of carbonyl (C=O) groups is 2. The number of fused-ring (bicyclic) bond motifs is 2. The van der Waals surface area contributed by atoms with Gasteiger partial charge in [-0.2, -0.15) is 0 Å². The maximum atomic E-state index is 11.7. The van der Waals surface area contributed by atoms with Gasteiger partial charge in [0.05, 0.1) is 5.92 Å². The van der Waals surface area contributed by atoms with Crippen LogP contribution in [0.5, 0.6) is 0 Å². The molecule has 3 rings (SSSR count). The first kappa shape index (κ1) is 17.0. The summed E-state index contributed by atoms with van der Waals surface area (Å²) in [6.07, 6.45) is 2.30. The van der Waals surface area contributed by atoms with Crippen LogP contribution >= 0.6 is 0 Å². The average molecular weight is 331 g/mol. The van der Waals surface area contributed by atoms with E-state index in [2.05, 4.69) is 11.9 Å². The van der Waals surface area contributed by atoms with E-state index in [1.165, 1.54) is 13.8 Å². The van der Waals surface area contributed by atoms with Gasteiger partial charge in [-0.3, -0.25) is 14.5 Å². The zero-order valence-electron chi connectivity index (χ0n) is 14.5. The molecule has 2 bridgehead atoms. The number of rotatable bonds is 4. The highest BCUT2D eigenvalue weighted by atomic mass is 16.6. The molecule has 2 aliphatic heterocycles. The first-order valence-electron chi connectivity index (χ1n) is 8.58. The van der Waals surface area contributed by atoms with E-state index in [4.69, 9.17) is 9.47 Å². The molecule has 0 spiro atoms. The van der Waals surface area contributed by atoms with Gasteiger partial charge in [-0.15, -0.1) is 0 Å². The van der Waals surface area contributed by atoms with Crippen LogP contribution in [0.3, 0.4) is 0 Å². The Morgan fingerprint density at radius 3 is 2.46 bits per heavy atom. The number of ether oxygens (including phenoxy) is 2. The Labute approximate surface area is 142 Å². The summed E-state index contributed by atoms with van der Waals surface area (Å²) in [6, 6.07) is 10.4. The molecule has 130 valence electrons. The Balaban J connectivity index is 1.97. The van der Waals surface area contributed by atoms with Gasteiger partial charge in [-0.25, -0.2) is 0 Å². The van der Waals surface area contributed by atoms with E-state index in [0.29, 0.717) is 6.04 Å². The van der Waals surface area contributed by atoms with Gasteiger partial charge in [0.1, 0.15) is 12.2 Å². The van der Waals surface area contributed by atoms with Crippen LogP contribution in [0.25, 0.3) is 0 Å². The maximum absolute atomic E-state index is 11.7. The van der Waals surface area contributed by atoms with E-state index in [0.717, 1.165) is 24.8 Å². The number of esters is 2. The molecule has 0 radical (unpaired) electrons. The fourth-order valence-corrected chi connectivity index (χ4v) is 4.39. The van der Waals surface area contributed by atoms with Crippen LogP contribution in [0.2, 0.25) is 0 Å². The van der Waals surface area contributed by atoms with Crippen LogP contribution in [0.15, 0.2) is 30.3 Å². The van der Waals surface area contributed by atoms with Crippen molar-refractivity contribution in [2.75, 3.05) is 7.05 Å². The van der Waals surface area contributed by atoms with Gasteiger partial charge in [-0.05, 0) is 25.5 Å². The number of hydrogen-bond acceptors (Lipinski definition) is 5. The summed E-state index contributed by atoms with van der Waals surface area (Å²) in [7, 11) is 2.12. The monoisotopic (exact) mass is 331 g/mol. The predicted molar refractivity (Wildman–Crippen MR) is 89.2 cm³/mol. The second-order valence-electron chi connectivity index (χ2n) is 6.87. The maximum Gasteiger partial charge on any atom is 0.303 e. The smallest absolute Gasteiger partial charge is 0.303 e. The van der Waals surface area contributed by atoms with Crippen LogP contribution in [0.1, 0.15) is 44.8 Å². The van der Waals surface area contributed by atoms with E-state index >= 15 is 0 Å². The van der Waals surface area contributed by atoms with Crippen LogP contribution in [-0.2, 0) is 19.1 Å². The summed E-state index contributed by atoms with van der Waals surface area (Å²) in [5, 5.41) is 0. The lowest BCUT2D eigenvalue weighted by atomic mass is 9.80. The van der Waals surface area contributed by atoms with E-state index in [9.17, 15) is 9.59 Å². The summed E-state index contributed by atoms with van der Waals surface area (Å²) in [4.78, 5) is 25.7. The third-order valence-corrected chi connectivity index (χ3v) is 5.36. The van der Waals surface area contributed by atoms with E-state index in [-0.39, 0.29) is 30.0 Å². The third-order valence-electron chi connectivity index (χ3n) is 5.36. The second-order valence-corrected chi connectivity index (χ2v) is 6.87. The van der Waals surface area contributed by atoms with Gasteiger partial charge < -0.3 is 9.47 Å². The lowest BCUT2D eigenvalue weighted by Gasteiger charge is -2.45. The summed E-state index contributed by atoms with van der Waals surface area (Å²) < 4.78 is 11.4. The molecule has 2 aliphatic rings. The minimum absolute atomic E-state index is 0.0519.